The number of halogens is 3. The highest BCUT2D eigenvalue weighted by Gasteiger charge is 2.45. The van der Waals surface area contributed by atoms with E-state index in [-0.39, 0.29) is 17.7 Å². The van der Waals surface area contributed by atoms with E-state index in [0.717, 1.165) is 57.3 Å². The van der Waals surface area contributed by atoms with Gasteiger partial charge in [-0.1, -0.05) is 0 Å². The number of ether oxygens (including phenoxy) is 2. The Hall–Kier alpha value is -2.40. The number of aliphatic carboxylic acids is 1. The number of pyridine rings is 1. The van der Waals surface area contributed by atoms with Crippen molar-refractivity contribution in [2.75, 3.05) is 32.8 Å². The second-order valence-corrected chi connectivity index (χ2v) is 8.29. The average Bonchev–Trinajstić information content (AvgIpc) is 3.43. The summed E-state index contributed by atoms with van der Waals surface area (Å²) in [7, 11) is 0. The zero-order chi connectivity index (χ0) is 23.2. The van der Waals surface area contributed by atoms with Crippen molar-refractivity contribution in [3.8, 4) is 0 Å². The van der Waals surface area contributed by atoms with Crippen molar-refractivity contribution in [1.82, 2.24) is 14.8 Å². The number of aromatic nitrogens is 1. The molecule has 0 aromatic carbocycles. The van der Waals surface area contributed by atoms with Gasteiger partial charge < -0.3 is 24.4 Å². The highest BCUT2D eigenvalue weighted by atomic mass is 19.4. The maximum absolute atomic E-state index is 12.7. The molecular weight excluding hydrogens is 431 g/mol. The van der Waals surface area contributed by atoms with Crippen molar-refractivity contribution in [3.05, 3.63) is 30.1 Å². The van der Waals surface area contributed by atoms with Crippen molar-refractivity contribution < 1.29 is 37.3 Å². The molecule has 11 heteroatoms. The molecule has 178 valence electrons. The van der Waals surface area contributed by atoms with Gasteiger partial charge in [0, 0.05) is 38.4 Å². The van der Waals surface area contributed by atoms with E-state index in [9.17, 15) is 18.0 Å². The van der Waals surface area contributed by atoms with Gasteiger partial charge in [0.1, 0.15) is 0 Å². The standard InChI is InChI=1S/C19H27N3O3.C2HF3O2/c23-18(21-9-1-2-10-21)22-11-3-6-19(15-22)12-17(14-25-19)24-13-16-4-7-20-8-5-16;3-2(4,5)1(6)7/h4-5,7-8,17H,1-3,6,9-15H2;(H,6,7)/t17-,19-;/m0./s1. The Balaban J connectivity index is 0.000000360. The summed E-state index contributed by atoms with van der Waals surface area (Å²) in [5, 5.41) is 7.12. The third kappa shape index (κ3) is 6.55. The average molecular weight is 459 g/mol. The van der Waals surface area contributed by atoms with Gasteiger partial charge >= 0.3 is 18.2 Å². The molecule has 3 aliphatic rings. The number of carboxylic acids is 1. The van der Waals surface area contributed by atoms with Crippen LogP contribution in [0.25, 0.3) is 0 Å². The van der Waals surface area contributed by atoms with Crippen molar-refractivity contribution in [1.29, 1.82) is 0 Å². The number of alkyl halides is 3. The van der Waals surface area contributed by atoms with Gasteiger partial charge in [-0.15, -0.1) is 0 Å². The molecule has 0 radical (unpaired) electrons. The first kappa shape index (κ1) is 24.2. The SMILES string of the molecule is O=C(N1CCCC1)N1CCC[C@]2(C[C@H](OCc3ccncc3)CO2)C1.O=C(O)C(F)(F)F. The molecule has 2 atom stereocenters. The molecule has 3 aliphatic heterocycles. The number of hydrogen-bond acceptors (Lipinski definition) is 5. The molecule has 32 heavy (non-hydrogen) atoms. The zero-order valence-corrected chi connectivity index (χ0v) is 17.7. The summed E-state index contributed by atoms with van der Waals surface area (Å²) in [5.74, 6) is -2.76. The molecule has 0 aliphatic carbocycles. The van der Waals surface area contributed by atoms with Crippen LogP contribution in [0.4, 0.5) is 18.0 Å². The molecule has 4 rings (SSSR count). The molecule has 1 spiro atoms. The summed E-state index contributed by atoms with van der Waals surface area (Å²) in [4.78, 5) is 29.6. The lowest BCUT2D eigenvalue weighted by Crippen LogP contribution is -2.53. The summed E-state index contributed by atoms with van der Waals surface area (Å²) in [6, 6.07) is 4.15. The first-order chi connectivity index (χ1) is 15.2. The van der Waals surface area contributed by atoms with Gasteiger partial charge in [0.05, 0.1) is 31.5 Å². The zero-order valence-electron chi connectivity index (χ0n) is 17.7. The molecule has 4 heterocycles. The molecule has 3 saturated heterocycles. The van der Waals surface area contributed by atoms with Crippen LogP contribution in [0.2, 0.25) is 0 Å². The highest BCUT2D eigenvalue weighted by molar-refractivity contribution is 5.75. The van der Waals surface area contributed by atoms with E-state index in [2.05, 4.69) is 4.98 Å². The van der Waals surface area contributed by atoms with Gasteiger partial charge in [-0.25, -0.2) is 9.59 Å². The monoisotopic (exact) mass is 459 g/mol. The van der Waals surface area contributed by atoms with E-state index in [0.29, 0.717) is 19.8 Å². The molecule has 0 saturated carbocycles. The van der Waals surface area contributed by atoms with Gasteiger partial charge in [0.2, 0.25) is 0 Å². The summed E-state index contributed by atoms with van der Waals surface area (Å²) in [5.41, 5.74) is 0.918. The number of hydrogen-bond donors (Lipinski definition) is 1. The third-order valence-corrected chi connectivity index (χ3v) is 5.84. The van der Waals surface area contributed by atoms with Gasteiger partial charge in [0.15, 0.2) is 0 Å². The number of carbonyl (C=O) groups excluding carboxylic acids is 1. The van der Waals surface area contributed by atoms with Gasteiger partial charge in [0.25, 0.3) is 0 Å². The minimum Gasteiger partial charge on any atom is -0.475 e. The highest BCUT2D eigenvalue weighted by Crippen LogP contribution is 2.36. The van der Waals surface area contributed by atoms with Crippen molar-refractivity contribution in [3.63, 3.8) is 0 Å². The van der Waals surface area contributed by atoms with E-state index in [1.807, 2.05) is 21.9 Å². The number of carboxylic acid groups (broad SMARTS) is 1. The topological polar surface area (TPSA) is 92.2 Å². The molecule has 1 N–H and O–H groups in total. The first-order valence-corrected chi connectivity index (χ1v) is 10.7. The quantitative estimate of drug-likeness (QED) is 0.747. The number of carbonyl (C=O) groups is 2. The number of rotatable bonds is 3. The second kappa shape index (κ2) is 10.5. The number of piperidine rings is 1. The first-order valence-electron chi connectivity index (χ1n) is 10.7. The fourth-order valence-corrected chi connectivity index (χ4v) is 4.26. The molecule has 0 bridgehead atoms. The van der Waals surface area contributed by atoms with E-state index >= 15 is 0 Å². The van der Waals surface area contributed by atoms with E-state index in [4.69, 9.17) is 19.4 Å². The summed E-state index contributed by atoms with van der Waals surface area (Å²) >= 11 is 0. The largest absolute Gasteiger partial charge is 0.490 e. The molecule has 2 amide bonds. The fourth-order valence-electron chi connectivity index (χ4n) is 4.26. The Morgan fingerprint density at radius 2 is 1.78 bits per heavy atom. The number of urea groups is 1. The predicted octanol–water partition coefficient (Wildman–Crippen LogP) is 3.07. The van der Waals surface area contributed by atoms with Crippen LogP contribution < -0.4 is 0 Å². The number of nitrogens with zero attached hydrogens (tertiary/aromatic N) is 3. The molecule has 1 aromatic heterocycles. The predicted molar refractivity (Wildman–Crippen MR) is 107 cm³/mol. The van der Waals surface area contributed by atoms with Crippen molar-refractivity contribution in [2.24, 2.45) is 0 Å². The van der Waals surface area contributed by atoms with Crippen LogP contribution in [-0.2, 0) is 20.9 Å². The van der Waals surface area contributed by atoms with Crippen LogP contribution >= 0.6 is 0 Å². The molecule has 3 fully saturated rings. The van der Waals surface area contributed by atoms with Crippen molar-refractivity contribution in [2.45, 2.75) is 56.6 Å². The van der Waals surface area contributed by atoms with Crippen LogP contribution in [0.3, 0.4) is 0 Å². The van der Waals surface area contributed by atoms with Gasteiger partial charge in [-0.2, -0.15) is 13.2 Å². The lowest BCUT2D eigenvalue weighted by Gasteiger charge is -2.41. The molecular formula is C21H28F3N3O5. The molecule has 1 aromatic rings. The van der Waals surface area contributed by atoms with E-state index in [1.54, 1.807) is 12.4 Å². The Labute approximate surface area is 184 Å². The Morgan fingerprint density at radius 1 is 1.16 bits per heavy atom. The van der Waals surface area contributed by atoms with Gasteiger partial charge in [-0.05, 0) is 43.4 Å². The summed E-state index contributed by atoms with van der Waals surface area (Å²) in [6.45, 7) is 4.57. The smallest absolute Gasteiger partial charge is 0.475 e. The second-order valence-electron chi connectivity index (χ2n) is 8.29. The van der Waals surface area contributed by atoms with Crippen LogP contribution in [0, 0.1) is 0 Å². The van der Waals surface area contributed by atoms with Crippen molar-refractivity contribution >= 4 is 12.0 Å². The third-order valence-electron chi connectivity index (χ3n) is 5.84. The maximum atomic E-state index is 12.7. The lowest BCUT2D eigenvalue weighted by molar-refractivity contribution is -0.192. The summed E-state index contributed by atoms with van der Waals surface area (Å²) < 4.78 is 44.0. The Morgan fingerprint density at radius 3 is 2.41 bits per heavy atom. The summed E-state index contributed by atoms with van der Waals surface area (Å²) in [6.07, 6.45) is 3.76. The Kier molecular flexibility index (Phi) is 7.94. The molecule has 0 unspecified atom stereocenters. The minimum atomic E-state index is -5.08. The van der Waals surface area contributed by atoms with Gasteiger partial charge in [-0.3, -0.25) is 4.98 Å². The van der Waals surface area contributed by atoms with E-state index < -0.39 is 12.1 Å². The molecule has 8 nitrogen and oxygen atoms in total. The maximum Gasteiger partial charge on any atom is 0.490 e. The van der Waals surface area contributed by atoms with Crippen LogP contribution in [0.5, 0.6) is 0 Å². The normalized spacial score (nSPS) is 25.5. The number of amides is 2. The van der Waals surface area contributed by atoms with Crippen LogP contribution in [0.1, 0.15) is 37.7 Å². The minimum absolute atomic E-state index is 0.106. The fraction of sp³-hybridized carbons (Fsp3) is 0.667. The lowest BCUT2D eigenvalue weighted by atomic mass is 9.89. The van der Waals surface area contributed by atoms with Crippen LogP contribution in [0.15, 0.2) is 24.5 Å². The Bertz CT molecular complexity index is 774. The van der Waals surface area contributed by atoms with Crippen LogP contribution in [-0.4, -0.2) is 82.6 Å². The van der Waals surface area contributed by atoms with E-state index in [1.165, 1.54) is 0 Å². The number of likely N-dealkylation sites (tertiary alicyclic amines) is 2.